The van der Waals surface area contributed by atoms with Gasteiger partial charge >= 0.3 is 0 Å². The first-order valence-corrected chi connectivity index (χ1v) is 9.42. The van der Waals surface area contributed by atoms with E-state index in [1.807, 2.05) is 12.1 Å². The molecular weight excluding hydrogens is 375 g/mol. The Balaban J connectivity index is 1.15. The molecule has 0 bridgehead atoms. The summed E-state index contributed by atoms with van der Waals surface area (Å²) in [6.07, 6.45) is 4.10. The van der Waals surface area contributed by atoms with Crippen molar-refractivity contribution < 1.29 is 14.4 Å². The molecule has 9 heteroatoms. The highest BCUT2D eigenvalue weighted by atomic mass is 19.1. The molecule has 2 atom stereocenters. The number of piperidine rings is 1. The van der Waals surface area contributed by atoms with Gasteiger partial charge in [-0.3, -0.25) is 15.0 Å². The molecule has 0 spiro atoms. The number of benzene rings is 1. The Morgan fingerprint density at radius 2 is 1.97 bits per heavy atom. The normalized spacial score (nSPS) is 23.2. The fourth-order valence-corrected chi connectivity index (χ4v) is 4.07. The minimum absolute atomic E-state index is 0.243. The Morgan fingerprint density at radius 3 is 2.72 bits per heavy atom. The zero-order valence-electron chi connectivity index (χ0n) is 15.4. The molecule has 2 aliphatic rings. The molecule has 148 valence electrons. The molecular formula is C20H19FN6O2. The van der Waals surface area contributed by atoms with Gasteiger partial charge in [-0.05, 0) is 36.1 Å². The van der Waals surface area contributed by atoms with Crippen molar-refractivity contribution in [2.75, 3.05) is 13.1 Å². The summed E-state index contributed by atoms with van der Waals surface area (Å²) in [6, 6.07) is 8.68. The summed E-state index contributed by atoms with van der Waals surface area (Å²) in [6.45, 7) is 1.82. The maximum Gasteiger partial charge on any atom is 0.295 e. The summed E-state index contributed by atoms with van der Waals surface area (Å²) in [5.41, 5.74) is 1.91. The second kappa shape index (κ2) is 7.11. The molecule has 1 amide bonds. The monoisotopic (exact) mass is 394 g/mol. The van der Waals surface area contributed by atoms with Gasteiger partial charge in [-0.15, -0.1) is 5.17 Å². The standard InChI is InChI=1S/C20H19FN6O2/c21-14-2-4-18-12(5-14)1-3-15(25-18)8-24-19-16-9-26(10-17(16)19)27(29)20(28)13-6-22-11-23-7-13/h1-7,11,16-17,19,24,29H,8-10H2. The van der Waals surface area contributed by atoms with Crippen molar-refractivity contribution in [3.05, 3.63) is 66.1 Å². The molecule has 1 aliphatic heterocycles. The van der Waals surface area contributed by atoms with E-state index in [0.29, 0.717) is 42.7 Å². The first-order chi connectivity index (χ1) is 14.1. The molecule has 1 saturated heterocycles. The topological polar surface area (TPSA) is 94.5 Å². The van der Waals surface area contributed by atoms with E-state index in [4.69, 9.17) is 0 Å². The molecule has 0 radical (unpaired) electrons. The lowest BCUT2D eigenvalue weighted by molar-refractivity contribution is -0.198. The van der Waals surface area contributed by atoms with E-state index in [2.05, 4.69) is 20.3 Å². The van der Waals surface area contributed by atoms with Crippen LogP contribution in [0.1, 0.15) is 16.1 Å². The van der Waals surface area contributed by atoms with E-state index in [-0.39, 0.29) is 11.4 Å². The highest BCUT2D eigenvalue weighted by Crippen LogP contribution is 2.46. The predicted molar refractivity (Wildman–Crippen MR) is 101 cm³/mol. The van der Waals surface area contributed by atoms with Crippen LogP contribution in [0.5, 0.6) is 0 Å². The van der Waals surface area contributed by atoms with Crippen molar-refractivity contribution in [1.82, 2.24) is 30.4 Å². The van der Waals surface area contributed by atoms with Crippen LogP contribution >= 0.6 is 0 Å². The molecule has 1 saturated carbocycles. The third kappa shape index (κ3) is 3.44. The van der Waals surface area contributed by atoms with Gasteiger partial charge in [0.2, 0.25) is 0 Å². The largest absolute Gasteiger partial charge is 0.308 e. The van der Waals surface area contributed by atoms with Gasteiger partial charge in [0.1, 0.15) is 12.1 Å². The van der Waals surface area contributed by atoms with Crippen molar-refractivity contribution in [3.8, 4) is 0 Å². The average molecular weight is 394 g/mol. The van der Waals surface area contributed by atoms with Gasteiger partial charge in [0.25, 0.3) is 5.91 Å². The lowest BCUT2D eigenvalue weighted by Crippen LogP contribution is -2.45. The number of carbonyl (C=O) groups is 1. The van der Waals surface area contributed by atoms with Gasteiger partial charge in [0, 0.05) is 43.5 Å². The average Bonchev–Trinajstić information content (AvgIpc) is 3.20. The van der Waals surface area contributed by atoms with Crippen LogP contribution in [0.25, 0.3) is 10.9 Å². The number of amides is 1. The number of hydrogen-bond acceptors (Lipinski definition) is 7. The first kappa shape index (κ1) is 18.0. The van der Waals surface area contributed by atoms with Crippen LogP contribution in [-0.4, -0.2) is 55.4 Å². The molecule has 2 fully saturated rings. The highest BCUT2D eigenvalue weighted by Gasteiger charge is 2.57. The van der Waals surface area contributed by atoms with Crippen LogP contribution in [0, 0.1) is 17.7 Å². The minimum Gasteiger partial charge on any atom is -0.308 e. The molecule has 29 heavy (non-hydrogen) atoms. The lowest BCUT2D eigenvalue weighted by Gasteiger charge is -2.27. The van der Waals surface area contributed by atoms with E-state index >= 15 is 0 Å². The maximum atomic E-state index is 13.3. The fourth-order valence-electron chi connectivity index (χ4n) is 4.07. The number of pyridine rings is 1. The summed E-state index contributed by atoms with van der Waals surface area (Å²) < 4.78 is 13.3. The van der Waals surface area contributed by atoms with Crippen molar-refractivity contribution in [1.29, 1.82) is 0 Å². The Morgan fingerprint density at radius 1 is 1.21 bits per heavy atom. The number of fused-ring (bicyclic) bond motifs is 2. The van der Waals surface area contributed by atoms with Crippen LogP contribution in [0.4, 0.5) is 4.39 Å². The number of nitrogens with one attached hydrogen (secondary N) is 1. The molecule has 2 unspecified atom stereocenters. The van der Waals surface area contributed by atoms with Crippen LogP contribution < -0.4 is 5.32 Å². The SMILES string of the molecule is O=C(c1cncnc1)N(O)N1CC2C(C1)C2NCc1ccc2cc(F)ccc2n1. The number of nitrogens with zero attached hydrogens (tertiary/aromatic N) is 5. The second-order valence-corrected chi connectivity index (χ2v) is 7.47. The predicted octanol–water partition coefficient (Wildman–Crippen LogP) is 1.63. The van der Waals surface area contributed by atoms with Gasteiger partial charge in [-0.25, -0.2) is 14.4 Å². The van der Waals surface area contributed by atoms with Crippen LogP contribution in [0.2, 0.25) is 0 Å². The summed E-state index contributed by atoms with van der Waals surface area (Å²) in [7, 11) is 0. The van der Waals surface area contributed by atoms with E-state index in [0.717, 1.165) is 16.6 Å². The van der Waals surface area contributed by atoms with Crippen LogP contribution in [0.3, 0.4) is 0 Å². The number of halogens is 1. The van der Waals surface area contributed by atoms with Gasteiger partial charge in [-0.1, -0.05) is 6.07 Å². The van der Waals surface area contributed by atoms with Crippen molar-refractivity contribution in [2.45, 2.75) is 12.6 Å². The zero-order valence-corrected chi connectivity index (χ0v) is 15.4. The number of hydrazine groups is 1. The number of rotatable bonds is 5. The summed E-state index contributed by atoms with van der Waals surface area (Å²) in [5.74, 6) is -0.0528. The fraction of sp³-hybridized carbons (Fsp3) is 0.300. The zero-order chi connectivity index (χ0) is 20.0. The van der Waals surface area contributed by atoms with Crippen molar-refractivity contribution in [2.24, 2.45) is 11.8 Å². The number of carbonyl (C=O) groups excluding carboxylic acids is 1. The Labute approximate surface area is 165 Å². The Bertz CT molecular complexity index is 1050. The van der Waals surface area contributed by atoms with Gasteiger partial charge in [-0.2, -0.15) is 5.01 Å². The molecule has 1 aromatic carbocycles. The van der Waals surface area contributed by atoms with Gasteiger partial charge < -0.3 is 5.32 Å². The molecule has 2 aromatic heterocycles. The van der Waals surface area contributed by atoms with Crippen LogP contribution in [-0.2, 0) is 6.54 Å². The Kier molecular flexibility index (Phi) is 4.42. The highest BCUT2D eigenvalue weighted by molar-refractivity contribution is 5.92. The number of hydrogen-bond donors (Lipinski definition) is 2. The number of aromatic nitrogens is 3. The molecule has 3 heterocycles. The van der Waals surface area contributed by atoms with Crippen LogP contribution in [0.15, 0.2) is 49.1 Å². The smallest absolute Gasteiger partial charge is 0.295 e. The van der Waals surface area contributed by atoms with E-state index in [1.165, 1.54) is 30.9 Å². The van der Waals surface area contributed by atoms with E-state index in [9.17, 15) is 14.4 Å². The summed E-state index contributed by atoms with van der Waals surface area (Å²) >= 11 is 0. The first-order valence-electron chi connectivity index (χ1n) is 9.42. The molecule has 1 aliphatic carbocycles. The molecule has 3 aromatic rings. The minimum atomic E-state index is -0.534. The molecule has 5 rings (SSSR count). The van der Waals surface area contributed by atoms with Gasteiger partial charge in [0.05, 0.1) is 16.8 Å². The maximum absolute atomic E-state index is 13.3. The molecule has 2 N–H and O–H groups in total. The van der Waals surface area contributed by atoms with Crippen molar-refractivity contribution >= 4 is 16.8 Å². The quantitative estimate of drug-likeness (QED) is 0.502. The summed E-state index contributed by atoms with van der Waals surface area (Å²) in [4.78, 5) is 24.5. The van der Waals surface area contributed by atoms with E-state index in [1.54, 1.807) is 11.1 Å². The third-order valence-corrected chi connectivity index (χ3v) is 5.66. The lowest BCUT2D eigenvalue weighted by atomic mass is 10.2. The second-order valence-electron chi connectivity index (χ2n) is 7.47. The summed E-state index contributed by atoms with van der Waals surface area (Å²) in [5, 5.41) is 16.8. The third-order valence-electron chi connectivity index (χ3n) is 5.66. The Hall–Kier alpha value is -3.01. The van der Waals surface area contributed by atoms with Crippen molar-refractivity contribution in [3.63, 3.8) is 0 Å². The number of hydroxylamine groups is 1. The molecule has 8 nitrogen and oxygen atoms in total. The van der Waals surface area contributed by atoms with Gasteiger partial charge in [0.15, 0.2) is 0 Å². The van der Waals surface area contributed by atoms with E-state index < -0.39 is 5.91 Å².